The van der Waals surface area contributed by atoms with E-state index in [0.29, 0.717) is 30.6 Å². The van der Waals surface area contributed by atoms with Crippen LogP contribution >= 0.6 is 0 Å². The molecule has 2 amide bonds. The second-order valence-electron chi connectivity index (χ2n) is 6.02. The van der Waals surface area contributed by atoms with E-state index in [-0.39, 0.29) is 0 Å². The number of carbonyl (C=O) groups excluding carboxylic acids is 2. The first-order chi connectivity index (χ1) is 10.6. The molecule has 1 aromatic heterocycles. The molecule has 1 aliphatic rings. The topological polar surface area (TPSA) is 62.3 Å². The highest BCUT2D eigenvalue weighted by Crippen LogP contribution is 2.28. The van der Waals surface area contributed by atoms with Crippen LogP contribution in [0.1, 0.15) is 38.7 Å². The summed E-state index contributed by atoms with van der Waals surface area (Å²) >= 11 is 0. The normalized spacial score (nSPS) is 17.8. The van der Waals surface area contributed by atoms with Gasteiger partial charge in [-0.2, -0.15) is 0 Å². The molecule has 1 saturated heterocycles. The highest BCUT2D eigenvalue weighted by molar-refractivity contribution is 6.39. The number of anilines is 1. The van der Waals surface area contributed by atoms with E-state index in [0.717, 1.165) is 24.8 Å². The highest BCUT2D eigenvalue weighted by atomic mass is 16.2. The summed E-state index contributed by atoms with van der Waals surface area (Å²) in [6.45, 7) is 7.64. The minimum absolute atomic E-state index is 0.434. The van der Waals surface area contributed by atoms with E-state index in [1.807, 2.05) is 6.92 Å². The van der Waals surface area contributed by atoms with Gasteiger partial charge in [0.25, 0.3) is 0 Å². The quantitative estimate of drug-likeness (QED) is 0.870. The zero-order chi connectivity index (χ0) is 16.1. The smallest absolute Gasteiger partial charge is 0.313 e. The maximum atomic E-state index is 12.3. The third-order valence-electron chi connectivity index (χ3n) is 4.71. The average Bonchev–Trinajstić information content (AvgIpc) is 2.99. The van der Waals surface area contributed by atoms with Gasteiger partial charge in [0, 0.05) is 19.3 Å². The highest BCUT2D eigenvalue weighted by Gasteiger charge is 2.33. The molecular formula is C17H25N3O2. The molecule has 0 aliphatic carbocycles. The Morgan fingerprint density at radius 1 is 1.41 bits per heavy atom. The molecule has 1 unspecified atom stereocenters. The molecule has 120 valence electrons. The number of aromatic nitrogens is 1. The van der Waals surface area contributed by atoms with E-state index in [2.05, 4.69) is 24.1 Å². The van der Waals surface area contributed by atoms with Crippen molar-refractivity contribution >= 4 is 17.5 Å². The maximum Gasteiger partial charge on any atom is 0.313 e. The van der Waals surface area contributed by atoms with Crippen molar-refractivity contribution in [1.82, 2.24) is 9.88 Å². The molecule has 22 heavy (non-hydrogen) atoms. The lowest BCUT2D eigenvalue weighted by atomic mass is 9.87. The number of hydrogen-bond donors (Lipinski definition) is 1. The molecule has 1 aliphatic heterocycles. The van der Waals surface area contributed by atoms with Crippen LogP contribution in [-0.2, 0) is 9.59 Å². The Balaban J connectivity index is 1.95. The fourth-order valence-corrected chi connectivity index (χ4v) is 3.23. The lowest BCUT2D eigenvalue weighted by Gasteiger charge is -2.21. The maximum absolute atomic E-state index is 12.3. The van der Waals surface area contributed by atoms with Crippen LogP contribution in [0.2, 0.25) is 0 Å². The Kier molecular flexibility index (Phi) is 5.52. The van der Waals surface area contributed by atoms with Crippen LogP contribution in [0.4, 0.5) is 5.69 Å². The van der Waals surface area contributed by atoms with Crippen LogP contribution in [0.25, 0.3) is 0 Å². The van der Waals surface area contributed by atoms with Crippen molar-refractivity contribution in [3.63, 3.8) is 0 Å². The van der Waals surface area contributed by atoms with Crippen molar-refractivity contribution in [2.24, 2.45) is 11.8 Å². The predicted molar refractivity (Wildman–Crippen MR) is 86.4 cm³/mol. The third-order valence-corrected chi connectivity index (χ3v) is 4.71. The van der Waals surface area contributed by atoms with Crippen molar-refractivity contribution in [3.8, 4) is 0 Å². The van der Waals surface area contributed by atoms with Gasteiger partial charge in [-0.1, -0.05) is 26.7 Å². The molecule has 1 atom stereocenters. The first kappa shape index (κ1) is 16.5. The number of rotatable bonds is 4. The van der Waals surface area contributed by atoms with Gasteiger partial charge in [0.1, 0.15) is 0 Å². The summed E-state index contributed by atoms with van der Waals surface area (Å²) in [5.74, 6) is 0.159. The van der Waals surface area contributed by atoms with Gasteiger partial charge < -0.3 is 10.2 Å². The van der Waals surface area contributed by atoms with Crippen LogP contribution in [0.3, 0.4) is 0 Å². The molecule has 1 N–H and O–H groups in total. The molecule has 1 aromatic rings. The van der Waals surface area contributed by atoms with Gasteiger partial charge in [-0.15, -0.1) is 0 Å². The molecule has 0 aromatic carbocycles. The molecule has 5 heteroatoms. The molecule has 2 heterocycles. The number of aryl methyl sites for hydroxylation is 1. The monoisotopic (exact) mass is 303 g/mol. The van der Waals surface area contributed by atoms with E-state index >= 15 is 0 Å². The molecule has 5 nitrogen and oxygen atoms in total. The van der Waals surface area contributed by atoms with E-state index in [4.69, 9.17) is 0 Å². The summed E-state index contributed by atoms with van der Waals surface area (Å²) in [6.07, 6.45) is 6.48. The number of hydrogen-bond acceptors (Lipinski definition) is 3. The van der Waals surface area contributed by atoms with Gasteiger partial charge in [0.15, 0.2) is 0 Å². The molecule has 2 rings (SSSR count). The van der Waals surface area contributed by atoms with Crippen molar-refractivity contribution in [2.45, 2.75) is 40.0 Å². The number of nitrogens with zero attached hydrogens (tertiary/aromatic N) is 2. The SMILES string of the molecule is CCC(CC)C1CCN(C(=O)C(=O)Nc2cnccc2C)C1. The lowest BCUT2D eigenvalue weighted by Crippen LogP contribution is -2.38. The Morgan fingerprint density at radius 2 is 2.14 bits per heavy atom. The number of likely N-dealkylation sites (tertiary alicyclic amines) is 1. The summed E-state index contributed by atoms with van der Waals surface area (Å²) in [5, 5.41) is 2.67. The van der Waals surface area contributed by atoms with E-state index in [1.165, 1.54) is 0 Å². The summed E-state index contributed by atoms with van der Waals surface area (Å²) in [4.78, 5) is 30.1. The van der Waals surface area contributed by atoms with Crippen LogP contribution in [0, 0.1) is 18.8 Å². The number of pyridine rings is 1. The fourth-order valence-electron chi connectivity index (χ4n) is 3.23. The van der Waals surface area contributed by atoms with Crippen molar-refractivity contribution in [3.05, 3.63) is 24.0 Å². The fraction of sp³-hybridized carbons (Fsp3) is 0.588. The first-order valence-electron chi connectivity index (χ1n) is 8.07. The molecule has 0 saturated carbocycles. The van der Waals surface area contributed by atoms with Gasteiger partial charge in [0.05, 0.1) is 11.9 Å². The zero-order valence-corrected chi connectivity index (χ0v) is 13.6. The Hall–Kier alpha value is -1.91. The van der Waals surface area contributed by atoms with Gasteiger partial charge in [0.2, 0.25) is 0 Å². The van der Waals surface area contributed by atoms with Crippen LogP contribution in [0.5, 0.6) is 0 Å². The van der Waals surface area contributed by atoms with Gasteiger partial charge in [-0.25, -0.2) is 0 Å². The molecule has 0 bridgehead atoms. The van der Waals surface area contributed by atoms with Crippen molar-refractivity contribution < 1.29 is 9.59 Å². The third kappa shape index (κ3) is 3.64. The molecule has 0 spiro atoms. The Labute approximate surface area is 132 Å². The van der Waals surface area contributed by atoms with Crippen molar-refractivity contribution in [1.29, 1.82) is 0 Å². The lowest BCUT2D eigenvalue weighted by molar-refractivity contribution is -0.142. The zero-order valence-electron chi connectivity index (χ0n) is 13.6. The van der Waals surface area contributed by atoms with Gasteiger partial charge in [-0.3, -0.25) is 14.6 Å². The molecular weight excluding hydrogens is 278 g/mol. The number of carbonyl (C=O) groups is 2. The minimum atomic E-state index is -0.568. The number of nitrogens with one attached hydrogen (secondary N) is 1. The van der Waals surface area contributed by atoms with E-state index < -0.39 is 11.8 Å². The molecule has 1 fully saturated rings. The second kappa shape index (κ2) is 7.38. The summed E-state index contributed by atoms with van der Waals surface area (Å²) in [6, 6.07) is 1.80. The Morgan fingerprint density at radius 3 is 2.77 bits per heavy atom. The summed E-state index contributed by atoms with van der Waals surface area (Å²) in [5.41, 5.74) is 1.49. The van der Waals surface area contributed by atoms with Crippen LogP contribution in [-0.4, -0.2) is 34.8 Å². The van der Waals surface area contributed by atoms with Crippen LogP contribution < -0.4 is 5.32 Å². The standard InChI is InChI=1S/C17H25N3O2/c1-4-13(5-2)14-7-9-20(11-14)17(22)16(21)19-15-10-18-8-6-12(15)3/h6,8,10,13-14H,4-5,7,9,11H2,1-3H3,(H,19,21). The Bertz CT molecular complexity index is 540. The van der Waals surface area contributed by atoms with Crippen LogP contribution in [0.15, 0.2) is 18.5 Å². The average molecular weight is 303 g/mol. The predicted octanol–water partition coefficient (Wildman–Crippen LogP) is 2.61. The summed E-state index contributed by atoms with van der Waals surface area (Å²) < 4.78 is 0. The number of amides is 2. The van der Waals surface area contributed by atoms with E-state index in [9.17, 15) is 9.59 Å². The largest absolute Gasteiger partial charge is 0.334 e. The van der Waals surface area contributed by atoms with Gasteiger partial charge >= 0.3 is 11.8 Å². The summed E-state index contributed by atoms with van der Waals surface area (Å²) in [7, 11) is 0. The second-order valence-corrected chi connectivity index (χ2v) is 6.02. The minimum Gasteiger partial charge on any atom is -0.334 e. The van der Waals surface area contributed by atoms with Crippen molar-refractivity contribution in [2.75, 3.05) is 18.4 Å². The first-order valence-corrected chi connectivity index (χ1v) is 8.07. The van der Waals surface area contributed by atoms with E-state index in [1.54, 1.807) is 23.4 Å². The molecule has 0 radical (unpaired) electrons. The van der Waals surface area contributed by atoms with Gasteiger partial charge in [-0.05, 0) is 36.8 Å².